The average molecular weight is 1030 g/mol. The molecule has 10 rings (SSSR count). The molecule has 0 unspecified atom stereocenters. The van der Waals surface area contributed by atoms with E-state index < -0.39 is 11.9 Å². The fourth-order valence-electron chi connectivity index (χ4n) is 8.27. The highest BCUT2D eigenvalue weighted by Gasteiger charge is 2.23. The predicted molar refractivity (Wildman–Crippen MR) is 299 cm³/mol. The van der Waals surface area contributed by atoms with Crippen LogP contribution in [0.1, 0.15) is 54.1 Å². The van der Waals surface area contributed by atoms with E-state index >= 15 is 0 Å². The highest BCUT2D eigenvalue weighted by Crippen LogP contribution is 2.42. The van der Waals surface area contributed by atoms with Crippen LogP contribution in [0.2, 0.25) is 0 Å². The van der Waals surface area contributed by atoms with Crippen LogP contribution in [-0.2, 0) is 39.6 Å². The molecule has 10 heteroatoms. The van der Waals surface area contributed by atoms with Crippen molar-refractivity contribution >= 4 is 11.9 Å². The summed E-state index contributed by atoms with van der Waals surface area (Å²) in [4.78, 5) is 28.0. The summed E-state index contributed by atoms with van der Waals surface area (Å²) in [6.45, 7) is 1.38. The normalized spacial score (nSPS) is 10.7. The van der Waals surface area contributed by atoms with Gasteiger partial charge in [0.25, 0.3) is 0 Å². The van der Waals surface area contributed by atoms with E-state index in [1.165, 1.54) is 0 Å². The van der Waals surface area contributed by atoms with E-state index in [-0.39, 0.29) is 50.8 Å². The van der Waals surface area contributed by atoms with Crippen molar-refractivity contribution in [1.29, 1.82) is 0 Å². The Bertz CT molecular complexity index is 3140. The molecule has 0 aromatic heterocycles. The van der Waals surface area contributed by atoms with Crippen molar-refractivity contribution in [3.8, 4) is 57.1 Å². The van der Waals surface area contributed by atoms with Crippen molar-refractivity contribution < 1.29 is 47.5 Å². The third-order valence-electron chi connectivity index (χ3n) is 12.4. The lowest BCUT2D eigenvalue weighted by Crippen LogP contribution is -2.11. The van der Waals surface area contributed by atoms with Crippen molar-refractivity contribution in [2.24, 2.45) is 0 Å². The van der Waals surface area contributed by atoms with Gasteiger partial charge in [-0.15, -0.1) is 0 Å². The van der Waals surface area contributed by atoms with Gasteiger partial charge in [-0.2, -0.15) is 0 Å². The van der Waals surface area contributed by atoms with Gasteiger partial charge in [0, 0.05) is 0 Å². The summed E-state index contributed by atoms with van der Waals surface area (Å²) < 4.78 is 50.3. The molecule has 0 amide bonds. The predicted octanol–water partition coefficient (Wildman–Crippen LogP) is 15.3. The third kappa shape index (κ3) is 14.2. The van der Waals surface area contributed by atoms with Gasteiger partial charge < -0.3 is 37.9 Å². The van der Waals surface area contributed by atoms with Crippen LogP contribution < -0.4 is 37.9 Å². The van der Waals surface area contributed by atoms with Crippen molar-refractivity contribution in [2.45, 2.75) is 39.6 Å². The molecule has 10 aromatic carbocycles. The van der Waals surface area contributed by atoms with E-state index in [1.807, 2.05) is 206 Å². The highest BCUT2D eigenvalue weighted by atomic mass is 16.6. The van der Waals surface area contributed by atoms with Crippen molar-refractivity contribution in [2.75, 3.05) is 0 Å². The zero-order chi connectivity index (χ0) is 53.1. The van der Waals surface area contributed by atoms with Crippen molar-refractivity contribution in [3.05, 3.63) is 299 Å². The summed E-state index contributed by atoms with van der Waals surface area (Å²) in [5.74, 6) is 1.46. The maximum Gasteiger partial charge on any atom is 0.343 e. The standard InChI is InChI=1S/C68H54O10/c69-67(57-39-61(71-43-49-19-7-1-8-20-49)65(75-47-53-27-15-5-16-28-53)62(40-57)72-44-50-21-9-2-10-22-50)77-59-35-31-55(32-36-59)56-33-37-60(38-34-56)78-68(70)58-41-63(73-45-51-23-11-3-12-24-51)66(76-48-54-29-17-6-18-30-54)64(42-58)74-46-52-25-13-4-14-26-52/h1-42H,43-48H2. The van der Waals surface area contributed by atoms with Crippen LogP contribution in [0.3, 0.4) is 0 Å². The SMILES string of the molecule is O=C(Oc1ccc(-c2ccc(OC(=O)c3cc(OCc4ccccc4)c(OCc4ccccc4)c(OCc4ccccc4)c3)cc2)cc1)c1cc(OCc2ccccc2)c(OCc2ccccc2)c(OCc2ccccc2)c1. The summed E-state index contributed by atoms with van der Waals surface area (Å²) in [6.07, 6.45) is 0. The molecule has 0 radical (unpaired) electrons. The van der Waals surface area contributed by atoms with Gasteiger partial charge in [-0.3, -0.25) is 0 Å². The summed E-state index contributed by atoms with van der Waals surface area (Å²) in [5.41, 5.74) is 7.76. The Morgan fingerprint density at radius 2 is 0.474 bits per heavy atom. The van der Waals surface area contributed by atoms with Gasteiger partial charge in [0.05, 0.1) is 11.1 Å². The number of hydrogen-bond acceptors (Lipinski definition) is 10. The van der Waals surface area contributed by atoms with Gasteiger partial charge in [0.1, 0.15) is 51.1 Å². The molecule has 386 valence electrons. The first kappa shape index (κ1) is 51.4. The molecule has 0 saturated heterocycles. The summed E-state index contributed by atoms with van der Waals surface area (Å²) >= 11 is 0. The number of benzene rings is 10. The van der Waals surface area contributed by atoms with Crippen LogP contribution in [0.15, 0.2) is 255 Å². The van der Waals surface area contributed by atoms with E-state index in [9.17, 15) is 9.59 Å². The lowest BCUT2D eigenvalue weighted by Gasteiger charge is -2.19. The topological polar surface area (TPSA) is 108 Å². The first-order valence-electron chi connectivity index (χ1n) is 25.5. The Morgan fingerprint density at radius 3 is 0.705 bits per heavy atom. The summed E-state index contributed by atoms with van der Waals surface area (Å²) in [6, 6.07) is 79.4. The Hall–Kier alpha value is -10.1. The lowest BCUT2D eigenvalue weighted by molar-refractivity contribution is 0.0724. The second-order valence-corrected chi connectivity index (χ2v) is 18.1. The molecule has 10 aromatic rings. The number of carbonyl (C=O) groups excluding carboxylic acids is 2. The van der Waals surface area contributed by atoms with E-state index in [0.29, 0.717) is 46.0 Å². The molecule has 0 aliphatic heterocycles. The van der Waals surface area contributed by atoms with Crippen LogP contribution >= 0.6 is 0 Å². The van der Waals surface area contributed by atoms with Crippen LogP contribution in [0.4, 0.5) is 0 Å². The second-order valence-electron chi connectivity index (χ2n) is 18.1. The molecule has 0 atom stereocenters. The average Bonchev–Trinajstić information content (AvgIpc) is 3.51. The Morgan fingerprint density at radius 1 is 0.256 bits per heavy atom. The Balaban J connectivity index is 0.853. The Labute approximate surface area is 453 Å². The third-order valence-corrected chi connectivity index (χ3v) is 12.4. The summed E-state index contributed by atoms with van der Waals surface area (Å²) in [7, 11) is 0. The molecule has 0 bridgehead atoms. The van der Waals surface area contributed by atoms with Crippen molar-refractivity contribution in [3.63, 3.8) is 0 Å². The molecule has 0 saturated carbocycles. The second kappa shape index (κ2) is 25.9. The quantitative estimate of drug-likeness (QED) is 0.0454. The minimum atomic E-state index is -0.614. The zero-order valence-corrected chi connectivity index (χ0v) is 42.6. The van der Waals surface area contributed by atoms with Gasteiger partial charge in [-0.05, 0) is 93.0 Å². The minimum Gasteiger partial charge on any atom is -0.485 e. The largest absolute Gasteiger partial charge is 0.485 e. The van der Waals surface area contributed by atoms with Crippen LogP contribution in [0.5, 0.6) is 46.0 Å². The number of esters is 2. The molecular formula is C68H54O10. The molecule has 0 aliphatic carbocycles. The van der Waals surface area contributed by atoms with Gasteiger partial charge in [0.15, 0.2) is 23.0 Å². The fourth-order valence-corrected chi connectivity index (χ4v) is 8.27. The molecule has 0 aliphatic rings. The van der Waals surface area contributed by atoms with Crippen LogP contribution in [-0.4, -0.2) is 11.9 Å². The van der Waals surface area contributed by atoms with E-state index in [0.717, 1.165) is 44.5 Å². The van der Waals surface area contributed by atoms with Gasteiger partial charge in [-0.25, -0.2) is 9.59 Å². The number of carbonyl (C=O) groups is 2. The first-order chi connectivity index (χ1) is 38.5. The van der Waals surface area contributed by atoms with Crippen molar-refractivity contribution in [1.82, 2.24) is 0 Å². The molecule has 78 heavy (non-hydrogen) atoms. The molecule has 0 fully saturated rings. The maximum absolute atomic E-state index is 14.0. The number of ether oxygens (including phenoxy) is 8. The van der Waals surface area contributed by atoms with Crippen LogP contribution in [0, 0.1) is 0 Å². The fraction of sp³-hybridized carbons (Fsp3) is 0.0882. The zero-order valence-electron chi connectivity index (χ0n) is 42.6. The number of rotatable bonds is 23. The lowest BCUT2D eigenvalue weighted by atomic mass is 10.1. The smallest absolute Gasteiger partial charge is 0.343 e. The highest BCUT2D eigenvalue weighted by molar-refractivity contribution is 5.93. The van der Waals surface area contributed by atoms with Crippen LogP contribution in [0.25, 0.3) is 11.1 Å². The van der Waals surface area contributed by atoms with E-state index in [4.69, 9.17) is 37.9 Å². The van der Waals surface area contributed by atoms with Gasteiger partial charge in [-0.1, -0.05) is 206 Å². The summed E-state index contributed by atoms with van der Waals surface area (Å²) in [5, 5.41) is 0. The maximum atomic E-state index is 14.0. The molecule has 0 spiro atoms. The monoisotopic (exact) mass is 1030 g/mol. The molecule has 0 heterocycles. The molecular weight excluding hydrogens is 977 g/mol. The Kier molecular flexibility index (Phi) is 17.1. The van der Waals surface area contributed by atoms with E-state index in [1.54, 1.807) is 48.5 Å². The number of hydrogen-bond donors (Lipinski definition) is 0. The minimum absolute atomic E-state index is 0.210. The molecule has 0 N–H and O–H groups in total. The van der Waals surface area contributed by atoms with E-state index in [2.05, 4.69) is 0 Å². The first-order valence-corrected chi connectivity index (χ1v) is 25.5. The van der Waals surface area contributed by atoms with Gasteiger partial charge in [0.2, 0.25) is 11.5 Å². The molecule has 10 nitrogen and oxygen atoms in total. The van der Waals surface area contributed by atoms with Gasteiger partial charge >= 0.3 is 11.9 Å².